The van der Waals surface area contributed by atoms with E-state index in [9.17, 15) is 0 Å². The summed E-state index contributed by atoms with van der Waals surface area (Å²) in [7, 11) is -5.75. The van der Waals surface area contributed by atoms with Gasteiger partial charge < -0.3 is 0 Å². The predicted molar refractivity (Wildman–Crippen MR) is 617 cm³/mol. The zero-order chi connectivity index (χ0) is 100.0. The monoisotopic (exact) mass is 1940 g/mol. The Morgan fingerprint density at radius 1 is 0.170 bits per heavy atom. The molecule has 0 radical (unpaired) electrons. The lowest BCUT2D eigenvalue weighted by Crippen LogP contribution is -2.74. The van der Waals surface area contributed by atoms with Crippen molar-refractivity contribution in [2.45, 2.75) is 97.1 Å². The van der Waals surface area contributed by atoms with Crippen LogP contribution in [0.15, 0.2) is 437 Å². The summed E-state index contributed by atoms with van der Waals surface area (Å²) < 4.78 is 6.74. The highest BCUT2D eigenvalue weighted by molar-refractivity contribution is 7.20. The number of rotatable bonds is 15. The SMILES string of the molecule is CC1(C)c2cc([Si](C)(C)C)ccc2-c2cc3c4ccccc4n(-c4nc(-c5ccccc5)nc(-c5ccccc5)n4)c3cc21.CC1(C)c2cc([Si](c3ccccc3)(c3ccccc3)c3ccccc3)ccc2-c2cc3c4ccccc4n(-c4nc(-c5ccccc5)nc(-c5ccccc5)n4)c3cc21.CC1(C)c2ccccc2-c2cc3c4cc([Si](C)(C)C)ccc4n(-c4nc(-c5ccccc5)nc(-c5ccccc5)n4)c3cc21. The molecular weight excluding hydrogens is 1840 g/mol. The zero-order valence-electron chi connectivity index (χ0n) is 84.4. The molecule has 3 aliphatic rings. The van der Waals surface area contributed by atoms with Gasteiger partial charge in [0.05, 0.1) is 49.2 Å². The van der Waals surface area contributed by atoms with Crippen LogP contribution in [0.3, 0.4) is 0 Å². The second-order valence-electron chi connectivity index (χ2n) is 42.9. The molecule has 6 heterocycles. The van der Waals surface area contributed by atoms with Crippen LogP contribution in [-0.2, 0) is 16.2 Å². The third-order valence-electron chi connectivity index (χ3n) is 30.9. The van der Waals surface area contributed by atoms with Crippen LogP contribution in [0.4, 0.5) is 0 Å². The van der Waals surface area contributed by atoms with Gasteiger partial charge in [-0.05, 0) is 142 Å². The van der Waals surface area contributed by atoms with Gasteiger partial charge in [-0.2, -0.15) is 29.9 Å². The van der Waals surface area contributed by atoms with Crippen LogP contribution in [0.2, 0.25) is 39.3 Å². The first-order valence-electron chi connectivity index (χ1n) is 50.9. The van der Waals surface area contributed by atoms with Gasteiger partial charge in [-0.25, -0.2) is 15.0 Å². The number of benzene rings is 18. The number of hydrogen-bond acceptors (Lipinski definition) is 9. The van der Waals surface area contributed by atoms with Crippen molar-refractivity contribution < 1.29 is 0 Å². The van der Waals surface area contributed by atoms with E-state index in [1.165, 1.54) is 130 Å². The lowest BCUT2D eigenvalue weighted by atomic mass is 9.82. The molecule has 0 N–H and O–H groups in total. The maximum Gasteiger partial charge on any atom is 0.238 e. The molecule has 0 saturated heterocycles. The number of aromatic nitrogens is 12. The largest absolute Gasteiger partial charge is 0.278 e. The average Bonchev–Trinajstić information content (AvgIpc) is 1.57. The van der Waals surface area contributed by atoms with Crippen molar-refractivity contribution in [3.63, 3.8) is 0 Å². The number of fused-ring (bicyclic) bond motifs is 18. The molecule has 3 aliphatic carbocycles. The lowest BCUT2D eigenvalue weighted by Gasteiger charge is -2.35. The van der Waals surface area contributed by atoms with Gasteiger partial charge in [0, 0.05) is 81.9 Å². The highest BCUT2D eigenvalue weighted by atomic mass is 28.3. The van der Waals surface area contributed by atoms with Gasteiger partial charge in [0.2, 0.25) is 17.8 Å². The molecule has 0 amide bonds. The van der Waals surface area contributed by atoms with E-state index in [0.29, 0.717) is 52.8 Å². The van der Waals surface area contributed by atoms with Crippen LogP contribution < -0.4 is 31.1 Å². The molecule has 0 bridgehead atoms. The molecule has 15 heteroatoms. The lowest BCUT2D eigenvalue weighted by molar-refractivity contribution is 0.661. The van der Waals surface area contributed by atoms with Crippen molar-refractivity contribution in [1.29, 1.82) is 0 Å². The summed E-state index contributed by atoms with van der Waals surface area (Å²) in [6.45, 7) is 28.7. The summed E-state index contributed by atoms with van der Waals surface area (Å²) in [4.78, 5) is 45.9. The minimum absolute atomic E-state index is 0.117. The van der Waals surface area contributed by atoms with E-state index >= 15 is 0 Å². The number of para-hydroxylation sites is 2. The molecule has 0 spiro atoms. The normalized spacial score (nSPS) is 13.5. The number of nitrogens with zero attached hydrogens (tertiary/aromatic N) is 12. The van der Waals surface area contributed by atoms with E-state index in [1.807, 2.05) is 109 Å². The van der Waals surface area contributed by atoms with Gasteiger partial charge >= 0.3 is 0 Å². The van der Waals surface area contributed by atoms with Crippen LogP contribution >= 0.6 is 0 Å². The Morgan fingerprint density at radius 2 is 0.408 bits per heavy atom. The summed E-state index contributed by atoms with van der Waals surface area (Å²) in [5.41, 5.74) is 27.8. The van der Waals surface area contributed by atoms with E-state index in [2.05, 4.69) is 422 Å². The molecule has 12 nitrogen and oxygen atoms in total. The van der Waals surface area contributed by atoms with Crippen LogP contribution in [0.25, 0.3) is 185 Å². The van der Waals surface area contributed by atoms with Crippen molar-refractivity contribution in [3.8, 4) is 120 Å². The van der Waals surface area contributed by atoms with Gasteiger partial charge in [-0.15, -0.1) is 0 Å². The van der Waals surface area contributed by atoms with Gasteiger partial charge in [-0.1, -0.05) is 473 Å². The van der Waals surface area contributed by atoms with Crippen molar-refractivity contribution in [2.24, 2.45) is 0 Å². The average molecular weight is 1950 g/mol. The Labute approximate surface area is 859 Å². The van der Waals surface area contributed by atoms with Gasteiger partial charge in [0.1, 0.15) is 0 Å². The molecule has 147 heavy (non-hydrogen) atoms. The summed E-state index contributed by atoms with van der Waals surface area (Å²) >= 11 is 0. The first kappa shape index (κ1) is 91.3. The maximum absolute atomic E-state index is 5.21. The van der Waals surface area contributed by atoms with E-state index in [-0.39, 0.29) is 16.2 Å². The van der Waals surface area contributed by atoms with E-state index < -0.39 is 24.2 Å². The van der Waals surface area contributed by atoms with Gasteiger partial charge in [0.15, 0.2) is 43.0 Å². The molecule has 708 valence electrons. The predicted octanol–water partition coefficient (Wildman–Crippen LogP) is 28.3. The first-order valence-corrected chi connectivity index (χ1v) is 59.9. The molecule has 24 aromatic rings. The Hall–Kier alpha value is -17.0. The Kier molecular flexibility index (Phi) is 22.1. The Balaban J connectivity index is 0.000000117. The van der Waals surface area contributed by atoms with Crippen molar-refractivity contribution in [3.05, 3.63) is 470 Å². The molecule has 0 aliphatic heterocycles. The quantitative estimate of drug-likeness (QED) is 0.0727. The van der Waals surface area contributed by atoms with E-state index in [4.69, 9.17) is 44.9 Å². The van der Waals surface area contributed by atoms with Crippen LogP contribution in [0.5, 0.6) is 0 Å². The molecule has 6 aromatic heterocycles. The minimum atomic E-state index is -2.73. The molecule has 0 fully saturated rings. The molecule has 0 atom stereocenters. The highest BCUT2D eigenvalue weighted by Gasteiger charge is 2.46. The molecule has 0 unspecified atom stereocenters. The van der Waals surface area contributed by atoms with Crippen LogP contribution in [0.1, 0.15) is 74.9 Å². The van der Waals surface area contributed by atoms with Gasteiger partial charge in [-0.3, -0.25) is 13.7 Å². The van der Waals surface area contributed by atoms with E-state index in [1.54, 1.807) is 0 Å². The molecular formula is C132H108N12Si3. The molecule has 18 aromatic carbocycles. The standard InChI is InChI=1S/C54H40N4Si.2C39H34N4Si/c1-54(2)47-34-42(59(39-24-12-5-13-25-39,40-26-14-6-15-27-40)41-28-16-7-17-29-41)32-33-43(47)45-35-46-44-30-18-19-31-49(44)58(50(46)36-48(45)54)53-56-51(37-20-8-3-9-21-37)55-52(57-53)38-22-10-4-11-23-38;1-39(2)32-22-27(44(3,4)5)20-21-28(32)30-23-31-29-18-12-13-19-34(29)43(35(31)24-33(30)39)38-41-36(25-14-8-6-9-15-25)40-37(42-38)26-16-10-7-11-17-26;1-39(2)32-19-13-12-18-28(32)29-23-31-30-22-27(44(3,4)5)20-21-34(30)43(35(31)24-33(29)39)38-41-36(25-14-8-6-9-15-25)40-37(42-38)26-16-10-7-11-17-26/h3-36H,1-2H3;2*6-24H,1-5H3. The van der Waals surface area contributed by atoms with Crippen LogP contribution in [-0.4, -0.2) is 82.8 Å². The molecule has 27 rings (SSSR count). The third-order valence-corrected chi connectivity index (χ3v) is 39.7. The third kappa shape index (κ3) is 15.5. The van der Waals surface area contributed by atoms with E-state index in [0.717, 1.165) is 66.5 Å². The summed E-state index contributed by atoms with van der Waals surface area (Å²) in [5, 5.41) is 15.7. The summed E-state index contributed by atoms with van der Waals surface area (Å²) in [5.74, 6) is 5.79. The van der Waals surface area contributed by atoms with Crippen LogP contribution in [0, 0.1) is 0 Å². The fourth-order valence-electron chi connectivity index (χ4n) is 23.2. The Morgan fingerprint density at radius 3 is 0.741 bits per heavy atom. The maximum atomic E-state index is 5.21. The fourth-order valence-corrected chi connectivity index (χ4v) is 30.3. The van der Waals surface area contributed by atoms with Gasteiger partial charge in [0.25, 0.3) is 0 Å². The molecule has 0 saturated carbocycles. The minimum Gasteiger partial charge on any atom is -0.278 e. The second-order valence-corrected chi connectivity index (χ2v) is 56.8. The smallest absolute Gasteiger partial charge is 0.238 e. The fraction of sp³-hybridized carbons (Fsp3) is 0.114. The number of hydrogen-bond donors (Lipinski definition) is 0. The van der Waals surface area contributed by atoms with Crippen molar-refractivity contribution in [1.82, 2.24) is 58.6 Å². The highest BCUT2D eigenvalue weighted by Crippen LogP contribution is 2.55. The first-order chi connectivity index (χ1) is 71.4. The summed E-state index contributed by atoms with van der Waals surface area (Å²) in [6.07, 6.45) is 0. The van der Waals surface area contributed by atoms with Crippen molar-refractivity contribution >= 4 is 121 Å². The topological polar surface area (TPSA) is 131 Å². The zero-order valence-corrected chi connectivity index (χ0v) is 87.4. The van der Waals surface area contributed by atoms with Crippen molar-refractivity contribution in [2.75, 3.05) is 0 Å². The summed E-state index contributed by atoms with van der Waals surface area (Å²) in [6, 6.07) is 157. The Bertz CT molecular complexity index is 9030. The second kappa shape index (κ2) is 35.5.